The van der Waals surface area contributed by atoms with E-state index in [1.807, 2.05) is 6.92 Å². The molecular formula is C18H21F3N6O. The summed E-state index contributed by atoms with van der Waals surface area (Å²) in [7, 11) is 0. The summed E-state index contributed by atoms with van der Waals surface area (Å²) >= 11 is 0. The Bertz CT molecular complexity index is 814. The van der Waals surface area contributed by atoms with Crippen molar-refractivity contribution in [3.8, 4) is 11.5 Å². The molecule has 10 heteroatoms. The van der Waals surface area contributed by atoms with E-state index in [1.165, 1.54) is 12.1 Å². The summed E-state index contributed by atoms with van der Waals surface area (Å²) in [6.07, 6.45) is -1.44. The molecule has 7 nitrogen and oxygen atoms in total. The van der Waals surface area contributed by atoms with Crippen LogP contribution in [0.4, 0.5) is 25.1 Å². The summed E-state index contributed by atoms with van der Waals surface area (Å²) in [5.41, 5.74) is -0.935. The molecule has 2 aromatic rings. The van der Waals surface area contributed by atoms with E-state index in [4.69, 9.17) is 4.74 Å². The Balaban J connectivity index is 1.66. The zero-order valence-electron chi connectivity index (χ0n) is 15.3. The van der Waals surface area contributed by atoms with Gasteiger partial charge in [0, 0.05) is 12.6 Å². The van der Waals surface area contributed by atoms with Crippen LogP contribution in [0.5, 0.6) is 0 Å². The first-order valence-electron chi connectivity index (χ1n) is 9.30. The van der Waals surface area contributed by atoms with E-state index in [-0.39, 0.29) is 23.6 Å². The van der Waals surface area contributed by atoms with Crippen molar-refractivity contribution in [2.24, 2.45) is 5.92 Å². The number of hydrogen-bond donors (Lipinski definition) is 2. The predicted octanol–water partition coefficient (Wildman–Crippen LogP) is 3.36. The predicted molar refractivity (Wildman–Crippen MR) is 96.7 cm³/mol. The Morgan fingerprint density at radius 3 is 2.54 bits per heavy atom. The highest BCUT2D eigenvalue weighted by Crippen LogP contribution is 2.34. The van der Waals surface area contributed by atoms with Crippen LogP contribution in [0, 0.1) is 5.92 Å². The van der Waals surface area contributed by atoms with Gasteiger partial charge in [0.1, 0.15) is 11.4 Å². The van der Waals surface area contributed by atoms with Crippen LogP contribution in [0.3, 0.4) is 0 Å². The third-order valence-corrected chi connectivity index (χ3v) is 4.85. The Kier molecular flexibility index (Phi) is 5.05. The van der Waals surface area contributed by atoms with E-state index in [0.717, 1.165) is 25.3 Å². The topological polar surface area (TPSA) is 84.9 Å². The number of pyridine rings is 1. The molecule has 2 aliphatic rings. The number of alkyl halides is 3. The van der Waals surface area contributed by atoms with Gasteiger partial charge in [-0.1, -0.05) is 6.07 Å². The van der Waals surface area contributed by atoms with Crippen LogP contribution in [0.15, 0.2) is 18.2 Å². The van der Waals surface area contributed by atoms with Crippen LogP contribution >= 0.6 is 0 Å². The molecule has 2 atom stereocenters. The molecule has 0 amide bonds. The maximum atomic E-state index is 13.0. The Morgan fingerprint density at radius 1 is 1.07 bits per heavy atom. The highest BCUT2D eigenvalue weighted by Gasteiger charge is 2.33. The fourth-order valence-corrected chi connectivity index (χ4v) is 3.09. The normalized spacial score (nSPS) is 20.8. The van der Waals surface area contributed by atoms with Crippen LogP contribution in [-0.4, -0.2) is 45.2 Å². The van der Waals surface area contributed by atoms with Gasteiger partial charge in [-0.25, -0.2) is 4.98 Å². The van der Waals surface area contributed by atoms with E-state index in [1.54, 1.807) is 0 Å². The number of nitrogens with one attached hydrogen (secondary N) is 2. The summed E-state index contributed by atoms with van der Waals surface area (Å²) < 4.78 is 44.4. The van der Waals surface area contributed by atoms with Crippen molar-refractivity contribution in [1.29, 1.82) is 0 Å². The van der Waals surface area contributed by atoms with Crippen molar-refractivity contribution in [3.05, 3.63) is 23.9 Å². The van der Waals surface area contributed by atoms with Gasteiger partial charge < -0.3 is 15.4 Å². The maximum absolute atomic E-state index is 13.0. The second kappa shape index (κ2) is 7.50. The van der Waals surface area contributed by atoms with Crippen molar-refractivity contribution < 1.29 is 17.9 Å². The Hall–Kier alpha value is -2.49. The van der Waals surface area contributed by atoms with Crippen LogP contribution in [0.25, 0.3) is 11.5 Å². The lowest BCUT2D eigenvalue weighted by molar-refractivity contribution is -0.141. The minimum absolute atomic E-state index is 0.0464. The number of hydrogen-bond acceptors (Lipinski definition) is 7. The van der Waals surface area contributed by atoms with E-state index in [9.17, 15) is 13.2 Å². The van der Waals surface area contributed by atoms with E-state index >= 15 is 0 Å². The van der Waals surface area contributed by atoms with Gasteiger partial charge in [0.05, 0.1) is 12.6 Å². The van der Waals surface area contributed by atoms with Gasteiger partial charge in [-0.2, -0.15) is 28.1 Å². The van der Waals surface area contributed by atoms with Gasteiger partial charge in [0.15, 0.2) is 5.82 Å². The van der Waals surface area contributed by atoms with Crippen molar-refractivity contribution in [1.82, 2.24) is 19.9 Å². The maximum Gasteiger partial charge on any atom is 0.433 e. The molecule has 0 spiro atoms. The average molecular weight is 394 g/mol. The summed E-state index contributed by atoms with van der Waals surface area (Å²) in [6, 6.07) is 3.91. The third-order valence-electron chi connectivity index (χ3n) is 4.85. The molecule has 28 heavy (non-hydrogen) atoms. The number of ether oxygens (including phenoxy) is 1. The van der Waals surface area contributed by atoms with Crippen LogP contribution in [-0.2, 0) is 10.9 Å². The smallest absolute Gasteiger partial charge is 0.379 e. The van der Waals surface area contributed by atoms with Gasteiger partial charge in [-0.3, -0.25) is 0 Å². The van der Waals surface area contributed by atoms with Crippen molar-refractivity contribution in [2.75, 3.05) is 23.8 Å². The molecule has 2 aromatic heterocycles. The molecule has 1 aliphatic carbocycles. The van der Waals surface area contributed by atoms with E-state index in [2.05, 4.69) is 30.6 Å². The lowest BCUT2D eigenvalue weighted by Gasteiger charge is -2.16. The minimum Gasteiger partial charge on any atom is -0.379 e. The summed E-state index contributed by atoms with van der Waals surface area (Å²) in [5, 5.41) is 6.42. The summed E-state index contributed by atoms with van der Waals surface area (Å²) in [6.45, 7) is 3.22. The largest absolute Gasteiger partial charge is 0.433 e. The minimum atomic E-state index is -4.53. The highest BCUT2D eigenvalue weighted by atomic mass is 19.4. The lowest BCUT2D eigenvalue weighted by atomic mass is 10.2. The van der Waals surface area contributed by atoms with E-state index in [0.29, 0.717) is 31.0 Å². The third kappa shape index (κ3) is 4.49. The van der Waals surface area contributed by atoms with Crippen molar-refractivity contribution in [2.45, 2.75) is 44.4 Å². The van der Waals surface area contributed by atoms with Crippen LogP contribution in [0.2, 0.25) is 0 Å². The molecule has 1 aliphatic heterocycles. The number of rotatable bonds is 6. The number of anilines is 2. The standard InChI is InChI=1S/C18H21F3N6O/c1-10(11-5-6-11)22-16-25-15(13-3-2-4-14(24-13)18(19,20)21)26-17(27-16)23-12-7-8-28-9-12/h2-4,10-12H,5-9H2,1H3,(H2,22,23,25,26,27). The average Bonchev–Trinajstić information content (AvgIpc) is 3.39. The van der Waals surface area contributed by atoms with Crippen LogP contribution in [0.1, 0.15) is 31.9 Å². The fraction of sp³-hybridized carbons (Fsp3) is 0.556. The molecule has 4 rings (SSSR count). The molecule has 1 saturated carbocycles. The van der Waals surface area contributed by atoms with E-state index < -0.39 is 11.9 Å². The molecule has 0 radical (unpaired) electrons. The van der Waals surface area contributed by atoms with Gasteiger partial charge in [0.25, 0.3) is 0 Å². The highest BCUT2D eigenvalue weighted by molar-refractivity contribution is 5.54. The molecule has 2 fully saturated rings. The lowest BCUT2D eigenvalue weighted by Crippen LogP contribution is -2.23. The SMILES string of the molecule is CC(Nc1nc(NC2CCOC2)nc(-c2cccc(C(F)(F)F)n2)n1)C1CC1. The monoisotopic (exact) mass is 394 g/mol. The Morgan fingerprint density at radius 2 is 1.86 bits per heavy atom. The Labute approximate surface area is 160 Å². The van der Waals surface area contributed by atoms with Gasteiger partial charge in [-0.05, 0) is 44.2 Å². The molecule has 2 N–H and O–H groups in total. The first-order chi connectivity index (χ1) is 13.4. The number of aromatic nitrogens is 4. The second-order valence-corrected chi connectivity index (χ2v) is 7.19. The molecule has 0 bridgehead atoms. The van der Waals surface area contributed by atoms with Gasteiger partial charge in [-0.15, -0.1) is 0 Å². The first-order valence-corrected chi connectivity index (χ1v) is 9.30. The zero-order valence-corrected chi connectivity index (χ0v) is 15.3. The molecule has 150 valence electrons. The quantitative estimate of drug-likeness (QED) is 0.777. The number of nitrogens with zero attached hydrogens (tertiary/aromatic N) is 4. The van der Waals surface area contributed by atoms with Crippen molar-refractivity contribution >= 4 is 11.9 Å². The molecule has 0 aromatic carbocycles. The van der Waals surface area contributed by atoms with Gasteiger partial charge in [0.2, 0.25) is 11.9 Å². The zero-order chi connectivity index (χ0) is 19.7. The number of halogens is 3. The molecule has 1 saturated heterocycles. The van der Waals surface area contributed by atoms with Crippen LogP contribution < -0.4 is 10.6 Å². The van der Waals surface area contributed by atoms with Gasteiger partial charge >= 0.3 is 6.18 Å². The fourth-order valence-electron chi connectivity index (χ4n) is 3.09. The first kappa shape index (κ1) is 18.9. The second-order valence-electron chi connectivity index (χ2n) is 7.19. The van der Waals surface area contributed by atoms with Crippen molar-refractivity contribution in [3.63, 3.8) is 0 Å². The molecular weight excluding hydrogens is 373 g/mol. The summed E-state index contributed by atoms with van der Waals surface area (Å²) in [4.78, 5) is 16.7. The summed E-state index contributed by atoms with van der Waals surface area (Å²) in [5.74, 6) is 1.27. The molecule has 2 unspecified atom stereocenters. The molecule has 3 heterocycles.